The molecule has 1 amide bonds. The fraction of sp³-hybridized carbons (Fsp3) is 0.733. The van der Waals surface area contributed by atoms with Crippen LogP contribution in [0.3, 0.4) is 0 Å². The van der Waals surface area contributed by atoms with Gasteiger partial charge in [0.1, 0.15) is 10.6 Å². The number of nitrogen functional groups attached to an aromatic ring is 1. The average Bonchev–Trinajstić information content (AvgIpc) is 2.68. The van der Waals surface area contributed by atoms with Crippen LogP contribution in [0, 0.1) is 11.8 Å². The Labute approximate surface area is 132 Å². The fourth-order valence-corrected chi connectivity index (χ4v) is 3.01. The van der Waals surface area contributed by atoms with Gasteiger partial charge in [-0.25, -0.2) is 0 Å². The molecule has 0 aliphatic carbocycles. The first-order valence-corrected chi connectivity index (χ1v) is 8.30. The van der Waals surface area contributed by atoms with Crippen LogP contribution in [0.25, 0.3) is 0 Å². The highest BCUT2D eigenvalue weighted by Crippen LogP contribution is 2.31. The molecule has 120 valence electrons. The fourth-order valence-electron chi connectivity index (χ4n) is 2.18. The third kappa shape index (κ3) is 5.19. The first-order valence-electron chi connectivity index (χ1n) is 7.53. The molecule has 0 saturated heterocycles. The number of nitrogens with one attached hydrogen (secondary N) is 1. The van der Waals surface area contributed by atoms with Crippen molar-refractivity contribution in [1.29, 1.82) is 0 Å². The number of carbonyl (C=O) groups is 1. The van der Waals surface area contributed by atoms with E-state index < -0.39 is 0 Å². The van der Waals surface area contributed by atoms with Gasteiger partial charge in [-0.2, -0.15) is 4.37 Å². The molecule has 0 bridgehead atoms. The second kappa shape index (κ2) is 7.64. The zero-order valence-corrected chi connectivity index (χ0v) is 14.8. The summed E-state index contributed by atoms with van der Waals surface area (Å²) < 4.78 is 4.20. The number of aromatic nitrogens is 1. The molecule has 0 unspecified atom stereocenters. The van der Waals surface area contributed by atoms with E-state index in [1.165, 1.54) is 11.5 Å². The van der Waals surface area contributed by atoms with Crippen LogP contribution in [-0.4, -0.2) is 29.4 Å². The zero-order valence-electron chi connectivity index (χ0n) is 13.9. The van der Waals surface area contributed by atoms with Gasteiger partial charge >= 0.3 is 0 Å². The van der Waals surface area contributed by atoms with Crippen LogP contribution in [0.2, 0.25) is 0 Å². The zero-order chi connectivity index (χ0) is 16.2. The van der Waals surface area contributed by atoms with Gasteiger partial charge in [-0.3, -0.25) is 4.79 Å². The number of anilines is 2. The third-order valence-electron chi connectivity index (χ3n) is 2.81. The van der Waals surface area contributed by atoms with E-state index in [0.29, 0.717) is 23.2 Å². The Hall–Kier alpha value is -1.30. The van der Waals surface area contributed by atoms with Crippen molar-refractivity contribution in [2.45, 2.75) is 47.6 Å². The Morgan fingerprint density at radius 1 is 1.19 bits per heavy atom. The predicted molar refractivity (Wildman–Crippen MR) is 91.0 cm³/mol. The lowest BCUT2D eigenvalue weighted by Crippen LogP contribution is -2.35. The molecule has 3 N–H and O–H groups in total. The number of amides is 1. The molecule has 0 fully saturated rings. The van der Waals surface area contributed by atoms with Crippen LogP contribution in [0.5, 0.6) is 0 Å². The van der Waals surface area contributed by atoms with Crippen LogP contribution in [0.4, 0.5) is 10.8 Å². The molecule has 0 saturated carbocycles. The number of hydrogen-bond acceptors (Lipinski definition) is 5. The summed E-state index contributed by atoms with van der Waals surface area (Å²) >= 11 is 1.31. The van der Waals surface area contributed by atoms with E-state index in [1.807, 2.05) is 13.8 Å². The van der Waals surface area contributed by atoms with Crippen molar-refractivity contribution in [3.8, 4) is 0 Å². The molecule has 5 nitrogen and oxygen atoms in total. The van der Waals surface area contributed by atoms with Gasteiger partial charge in [-0.15, -0.1) is 0 Å². The van der Waals surface area contributed by atoms with E-state index in [2.05, 4.69) is 42.3 Å². The Balaban J connectivity index is 3.10. The van der Waals surface area contributed by atoms with Gasteiger partial charge in [0.15, 0.2) is 5.82 Å². The summed E-state index contributed by atoms with van der Waals surface area (Å²) in [7, 11) is 0. The minimum Gasteiger partial charge on any atom is -0.382 e. The van der Waals surface area contributed by atoms with Gasteiger partial charge in [-0.05, 0) is 37.2 Å². The number of hydrogen-bond donors (Lipinski definition) is 2. The minimum absolute atomic E-state index is 0.0771. The highest BCUT2D eigenvalue weighted by Gasteiger charge is 2.24. The lowest BCUT2D eigenvalue weighted by molar-refractivity contribution is 0.0944. The molecule has 6 heteroatoms. The summed E-state index contributed by atoms with van der Waals surface area (Å²) in [5, 5.41) is 3.79. The molecule has 0 radical (unpaired) electrons. The van der Waals surface area contributed by atoms with E-state index in [1.54, 1.807) is 0 Å². The second-order valence-corrected chi connectivity index (χ2v) is 7.32. The van der Waals surface area contributed by atoms with Gasteiger partial charge in [0, 0.05) is 19.1 Å². The van der Waals surface area contributed by atoms with Crippen LogP contribution < -0.4 is 16.0 Å². The van der Waals surface area contributed by atoms with Crippen molar-refractivity contribution in [3.05, 3.63) is 5.56 Å². The van der Waals surface area contributed by atoms with Crippen molar-refractivity contribution in [3.63, 3.8) is 0 Å². The molecule has 1 heterocycles. The van der Waals surface area contributed by atoms with Gasteiger partial charge in [0.25, 0.3) is 5.91 Å². The summed E-state index contributed by atoms with van der Waals surface area (Å²) in [6, 6.07) is 0.0771. The van der Waals surface area contributed by atoms with Crippen LogP contribution in [0.15, 0.2) is 0 Å². The first-order chi connectivity index (χ1) is 9.72. The smallest absolute Gasteiger partial charge is 0.258 e. The largest absolute Gasteiger partial charge is 0.382 e. The second-order valence-electron chi connectivity index (χ2n) is 6.57. The Morgan fingerprint density at radius 2 is 1.71 bits per heavy atom. The molecule has 0 spiro atoms. The van der Waals surface area contributed by atoms with Crippen molar-refractivity contribution < 1.29 is 4.79 Å². The molecule has 21 heavy (non-hydrogen) atoms. The molecule has 0 aliphatic heterocycles. The Morgan fingerprint density at radius 3 is 2.14 bits per heavy atom. The molecule has 1 aromatic rings. The van der Waals surface area contributed by atoms with Gasteiger partial charge in [-0.1, -0.05) is 27.7 Å². The molecule has 0 aromatic carbocycles. The maximum atomic E-state index is 12.4. The van der Waals surface area contributed by atoms with Crippen LogP contribution >= 0.6 is 11.5 Å². The van der Waals surface area contributed by atoms with E-state index in [-0.39, 0.29) is 11.9 Å². The van der Waals surface area contributed by atoms with E-state index >= 15 is 0 Å². The normalized spacial score (nSPS) is 11.5. The molecular formula is C15H28N4OS. The molecule has 1 rings (SSSR count). The number of rotatable bonds is 7. The van der Waals surface area contributed by atoms with Crippen molar-refractivity contribution >= 4 is 28.3 Å². The molecule has 1 aromatic heterocycles. The van der Waals surface area contributed by atoms with E-state index in [9.17, 15) is 4.79 Å². The maximum absolute atomic E-state index is 12.4. The molecule has 0 aliphatic rings. The van der Waals surface area contributed by atoms with Crippen molar-refractivity contribution in [2.24, 2.45) is 11.8 Å². The summed E-state index contributed by atoms with van der Waals surface area (Å²) in [5.74, 6) is 1.20. The summed E-state index contributed by atoms with van der Waals surface area (Å²) in [5.41, 5.74) is 6.45. The van der Waals surface area contributed by atoms with Gasteiger partial charge in [0.2, 0.25) is 0 Å². The van der Waals surface area contributed by atoms with Crippen LogP contribution in [0.1, 0.15) is 51.9 Å². The highest BCUT2D eigenvalue weighted by molar-refractivity contribution is 7.11. The SMILES string of the molecule is CC(C)CN(CC(C)C)c1snc(N)c1C(=O)NC(C)C. The number of carbonyl (C=O) groups excluding carboxylic acids is 1. The van der Waals surface area contributed by atoms with Gasteiger partial charge < -0.3 is 16.0 Å². The Kier molecular flexibility index (Phi) is 6.45. The topological polar surface area (TPSA) is 71.2 Å². The molecule has 0 atom stereocenters. The van der Waals surface area contributed by atoms with Crippen molar-refractivity contribution in [2.75, 3.05) is 23.7 Å². The van der Waals surface area contributed by atoms with Crippen LogP contribution in [-0.2, 0) is 0 Å². The quantitative estimate of drug-likeness (QED) is 0.812. The molecular weight excluding hydrogens is 284 g/mol. The lowest BCUT2D eigenvalue weighted by Gasteiger charge is -2.27. The third-order valence-corrected chi connectivity index (χ3v) is 3.73. The summed E-state index contributed by atoms with van der Waals surface area (Å²) in [4.78, 5) is 14.6. The monoisotopic (exact) mass is 312 g/mol. The van der Waals surface area contributed by atoms with E-state index in [4.69, 9.17) is 5.73 Å². The lowest BCUT2D eigenvalue weighted by atomic mass is 10.1. The summed E-state index contributed by atoms with van der Waals surface area (Å²) in [6.45, 7) is 14.3. The average molecular weight is 312 g/mol. The predicted octanol–water partition coefficient (Wildman–Crippen LogP) is 2.98. The highest BCUT2D eigenvalue weighted by atomic mass is 32.1. The summed E-state index contributed by atoms with van der Waals surface area (Å²) in [6.07, 6.45) is 0. The number of nitrogens with two attached hydrogens (primary N) is 1. The van der Waals surface area contributed by atoms with Gasteiger partial charge in [0.05, 0.1) is 0 Å². The number of nitrogens with zero attached hydrogens (tertiary/aromatic N) is 2. The maximum Gasteiger partial charge on any atom is 0.258 e. The van der Waals surface area contributed by atoms with E-state index in [0.717, 1.165) is 18.1 Å². The minimum atomic E-state index is -0.135. The Bertz CT molecular complexity index is 458. The van der Waals surface area contributed by atoms with Crippen molar-refractivity contribution in [1.82, 2.24) is 9.69 Å². The first kappa shape index (κ1) is 17.8. The standard InChI is InChI=1S/C15H28N4OS/c1-9(2)7-19(8-10(3)4)15-12(13(16)18-21-15)14(20)17-11(5)6/h9-11H,7-8H2,1-6H3,(H2,16,18)(H,17,20).